The first kappa shape index (κ1) is 18.6. The summed E-state index contributed by atoms with van der Waals surface area (Å²) in [5.41, 5.74) is 3.33. The van der Waals surface area contributed by atoms with Gasteiger partial charge in [0, 0.05) is 18.3 Å². The van der Waals surface area contributed by atoms with Gasteiger partial charge in [-0.15, -0.1) is 0 Å². The topological polar surface area (TPSA) is 132 Å². The summed E-state index contributed by atoms with van der Waals surface area (Å²) in [5, 5.41) is 11.6. The first-order valence-corrected chi connectivity index (χ1v) is 9.35. The number of furan rings is 1. The number of rotatable bonds is 4. The number of nitrogens with one attached hydrogen (secondary N) is 2. The van der Waals surface area contributed by atoms with Gasteiger partial charge in [0.25, 0.3) is 5.91 Å². The maximum Gasteiger partial charge on any atom is 0.439 e. The number of aryl methyl sites for hydroxylation is 2. The molecule has 10 heteroatoms. The van der Waals surface area contributed by atoms with Crippen LogP contribution in [0.2, 0.25) is 0 Å². The molecule has 2 N–H and O–H groups in total. The van der Waals surface area contributed by atoms with Gasteiger partial charge in [0.05, 0.1) is 22.9 Å². The summed E-state index contributed by atoms with van der Waals surface area (Å²) in [7, 11) is 1.78. The Kier molecular flexibility index (Phi) is 4.25. The Morgan fingerprint density at radius 3 is 2.81 bits per heavy atom. The number of carbonyl (C=O) groups is 1. The van der Waals surface area contributed by atoms with E-state index in [9.17, 15) is 9.59 Å². The zero-order valence-electron chi connectivity index (χ0n) is 16.5. The molecule has 10 nitrogen and oxygen atoms in total. The lowest BCUT2D eigenvalue weighted by molar-refractivity contribution is 0.102. The Hall–Kier alpha value is -4.47. The number of carbonyl (C=O) groups excluding carboxylic acids is 1. The van der Waals surface area contributed by atoms with E-state index in [1.54, 1.807) is 60.5 Å². The van der Waals surface area contributed by atoms with E-state index in [0.29, 0.717) is 45.0 Å². The highest BCUT2D eigenvalue weighted by molar-refractivity contribution is 6.13. The molecule has 0 saturated heterocycles. The summed E-state index contributed by atoms with van der Waals surface area (Å²) in [6, 6.07) is 12.1. The van der Waals surface area contributed by atoms with Crippen LogP contribution in [0.25, 0.3) is 33.9 Å². The van der Waals surface area contributed by atoms with Crippen molar-refractivity contribution in [3.05, 3.63) is 70.5 Å². The van der Waals surface area contributed by atoms with Crippen molar-refractivity contribution in [1.29, 1.82) is 0 Å². The van der Waals surface area contributed by atoms with Crippen LogP contribution in [0.1, 0.15) is 16.1 Å². The third-order valence-corrected chi connectivity index (χ3v) is 4.82. The molecule has 31 heavy (non-hydrogen) atoms. The van der Waals surface area contributed by atoms with Crippen LogP contribution in [0.3, 0.4) is 0 Å². The van der Waals surface area contributed by atoms with E-state index < -0.39 is 5.76 Å². The number of hydrogen-bond acceptors (Lipinski definition) is 7. The normalized spacial score (nSPS) is 11.2. The average Bonchev–Trinajstić information content (AvgIpc) is 3.49. The second kappa shape index (κ2) is 7.10. The molecule has 0 bridgehead atoms. The number of anilines is 1. The Balaban J connectivity index is 1.56. The van der Waals surface area contributed by atoms with E-state index in [4.69, 9.17) is 4.42 Å². The van der Waals surface area contributed by atoms with E-state index in [2.05, 4.69) is 30.1 Å². The number of aromatic amines is 1. The fraction of sp³-hybridized carbons (Fsp3) is 0.0952. The molecule has 0 spiro atoms. The van der Waals surface area contributed by atoms with Gasteiger partial charge in [-0.1, -0.05) is 17.3 Å². The van der Waals surface area contributed by atoms with Gasteiger partial charge in [-0.25, -0.2) is 9.78 Å². The number of fused-ring (bicyclic) bond motifs is 1. The van der Waals surface area contributed by atoms with Crippen molar-refractivity contribution in [3.8, 4) is 22.8 Å². The third kappa shape index (κ3) is 3.29. The Labute approximate surface area is 174 Å². The van der Waals surface area contributed by atoms with Gasteiger partial charge in [0.2, 0.25) is 0 Å². The molecule has 5 rings (SSSR count). The van der Waals surface area contributed by atoms with Crippen LogP contribution in [0.5, 0.6) is 0 Å². The molecule has 0 saturated carbocycles. The fourth-order valence-electron chi connectivity index (χ4n) is 3.47. The highest BCUT2D eigenvalue weighted by Crippen LogP contribution is 2.28. The Morgan fingerprint density at radius 1 is 1.19 bits per heavy atom. The van der Waals surface area contributed by atoms with E-state index in [1.807, 2.05) is 6.92 Å². The molecular weight excluding hydrogens is 400 g/mol. The van der Waals surface area contributed by atoms with Crippen LogP contribution in [-0.4, -0.2) is 30.8 Å². The van der Waals surface area contributed by atoms with Crippen molar-refractivity contribution in [1.82, 2.24) is 24.9 Å². The summed E-state index contributed by atoms with van der Waals surface area (Å²) in [5.74, 6) is -0.161. The zero-order valence-corrected chi connectivity index (χ0v) is 16.5. The second-order valence-corrected chi connectivity index (χ2v) is 6.92. The largest absolute Gasteiger partial charge is 0.463 e. The first-order chi connectivity index (χ1) is 15.0. The van der Waals surface area contributed by atoms with Crippen LogP contribution in [0, 0.1) is 6.92 Å². The lowest BCUT2D eigenvalue weighted by Crippen LogP contribution is -2.13. The van der Waals surface area contributed by atoms with Crippen molar-refractivity contribution in [3.63, 3.8) is 0 Å². The highest BCUT2D eigenvalue weighted by atomic mass is 16.5. The molecule has 5 aromatic rings. The van der Waals surface area contributed by atoms with Crippen LogP contribution in [0.4, 0.5) is 5.69 Å². The third-order valence-electron chi connectivity index (χ3n) is 4.82. The smallest absolute Gasteiger partial charge is 0.439 e. The number of benzene rings is 1. The van der Waals surface area contributed by atoms with Crippen molar-refractivity contribution in [2.75, 3.05) is 5.32 Å². The van der Waals surface area contributed by atoms with Crippen LogP contribution < -0.4 is 11.1 Å². The predicted molar refractivity (Wildman–Crippen MR) is 111 cm³/mol. The molecule has 0 fully saturated rings. The lowest BCUT2D eigenvalue weighted by Gasteiger charge is -2.09. The van der Waals surface area contributed by atoms with E-state index in [0.717, 1.165) is 0 Å². The average molecular weight is 416 g/mol. The zero-order chi connectivity index (χ0) is 21.5. The molecule has 0 atom stereocenters. The number of hydrogen-bond donors (Lipinski definition) is 2. The summed E-state index contributed by atoms with van der Waals surface area (Å²) >= 11 is 0. The van der Waals surface area contributed by atoms with Gasteiger partial charge in [0.15, 0.2) is 17.2 Å². The predicted octanol–water partition coefficient (Wildman–Crippen LogP) is 3.13. The lowest BCUT2D eigenvalue weighted by atomic mass is 10.1. The number of amides is 1. The Morgan fingerprint density at radius 2 is 2.06 bits per heavy atom. The van der Waals surface area contributed by atoms with Gasteiger partial charge >= 0.3 is 5.76 Å². The SMILES string of the molecule is Cc1nn(C)c2nc(-c3ccco3)cc(C(=O)Nc3cccc(-c4noc(=O)[nH]4)c3)c12. The van der Waals surface area contributed by atoms with Gasteiger partial charge < -0.3 is 9.73 Å². The minimum absolute atomic E-state index is 0.274. The number of aromatic nitrogens is 5. The summed E-state index contributed by atoms with van der Waals surface area (Å²) < 4.78 is 11.6. The van der Waals surface area contributed by atoms with Crippen LogP contribution in [0.15, 0.2) is 62.5 Å². The van der Waals surface area contributed by atoms with E-state index >= 15 is 0 Å². The van der Waals surface area contributed by atoms with Crippen molar-refractivity contribution < 1.29 is 13.7 Å². The standard InChI is InChI=1S/C21H16N6O4/c1-11-17-14(10-15(16-7-4-8-30-16)23-19(17)27(2)25-11)20(28)22-13-6-3-5-12(9-13)18-24-21(29)31-26-18/h3-10H,1-2H3,(H,22,28)(H,24,26,29). The molecule has 0 aliphatic heterocycles. The van der Waals surface area contributed by atoms with E-state index in [-0.39, 0.29) is 11.7 Å². The number of H-pyrrole nitrogens is 1. The molecule has 4 heterocycles. The molecule has 0 aliphatic rings. The summed E-state index contributed by atoms with van der Waals surface area (Å²) in [4.78, 5) is 31.6. The van der Waals surface area contributed by atoms with E-state index in [1.165, 1.54) is 0 Å². The van der Waals surface area contributed by atoms with Gasteiger partial charge in [0.1, 0.15) is 5.69 Å². The molecular formula is C21H16N6O4. The van der Waals surface area contributed by atoms with Crippen LogP contribution in [-0.2, 0) is 7.05 Å². The minimum Gasteiger partial charge on any atom is -0.463 e. The molecule has 1 amide bonds. The molecule has 1 aromatic carbocycles. The fourth-order valence-corrected chi connectivity index (χ4v) is 3.47. The highest BCUT2D eigenvalue weighted by Gasteiger charge is 2.20. The molecule has 0 aliphatic carbocycles. The molecule has 4 aromatic heterocycles. The van der Waals surface area contributed by atoms with Crippen LogP contribution >= 0.6 is 0 Å². The molecule has 0 radical (unpaired) electrons. The van der Waals surface area contributed by atoms with Crippen molar-refractivity contribution >= 4 is 22.6 Å². The number of pyridine rings is 1. The maximum absolute atomic E-state index is 13.3. The summed E-state index contributed by atoms with van der Waals surface area (Å²) in [6.45, 7) is 1.83. The second-order valence-electron chi connectivity index (χ2n) is 6.92. The van der Waals surface area contributed by atoms with Gasteiger partial charge in [-0.05, 0) is 37.3 Å². The maximum atomic E-state index is 13.3. The minimum atomic E-state index is -0.652. The van der Waals surface area contributed by atoms with Crippen molar-refractivity contribution in [2.24, 2.45) is 7.05 Å². The van der Waals surface area contributed by atoms with Gasteiger partial charge in [-0.2, -0.15) is 5.10 Å². The first-order valence-electron chi connectivity index (χ1n) is 9.35. The summed E-state index contributed by atoms with van der Waals surface area (Å²) in [6.07, 6.45) is 1.55. The molecule has 154 valence electrons. The number of nitrogens with zero attached hydrogens (tertiary/aromatic N) is 4. The monoisotopic (exact) mass is 416 g/mol. The Bertz CT molecular complexity index is 1480. The quantitative estimate of drug-likeness (QED) is 0.460. The van der Waals surface area contributed by atoms with Crippen molar-refractivity contribution in [2.45, 2.75) is 6.92 Å². The molecule has 0 unspecified atom stereocenters. The van der Waals surface area contributed by atoms with Gasteiger partial charge in [-0.3, -0.25) is 19.0 Å².